The number of rotatable bonds is 4. The zero-order chi connectivity index (χ0) is 11.7. The minimum atomic E-state index is 0.395. The van der Waals surface area contributed by atoms with Crippen molar-refractivity contribution in [2.24, 2.45) is 5.92 Å². The van der Waals surface area contributed by atoms with Gasteiger partial charge in [0.15, 0.2) is 0 Å². The van der Waals surface area contributed by atoms with Gasteiger partial charge in [0.05, 0.1) is 0 Å². The van der Waals surface area contributed by atoms with Crippen molar-refractivity contribution in [1.29, 1.82) is 0 Å². The lowest BCUT2D eigenvalue weighted by molar-refractivity contribution is 0.465. The first-order valence-electron chi connectivity index (χ1n) is 6.25. The summed E-state index contributed by atoms with van der Waals surface area (Å²) < 4.78 is 0. The van der Waals surface area contributed by atoms with E-state index in [0.717, 1.165) is 30.0 Å². The van der Waals surface area contributed by atoms with Crippen molar-refractivity contribution < 1.29 is 5.11 Å². The maximum absolute atomic E-state index is 9.95. The monoisotopic (exact) mass is 227 g/mol. The highest BCUT2D eigenvalue weighted by Crippen LogP contribution is 2.29. The van der Waals surface area contributed by atoms with Crippen molar-refractivity contribution >= 4 is 10.8 Å². The number of phenolic OH excluding ortho intramolecular Hbond substituents is 1. The molecule has 17 heavy (non-hydrogen) atoms. The SMILES string of the molecule is Oc1ccc2ccccc2c1CNCC1CC1. The number of hydrogen-bond acceptors (Lipinski definition) is 2. The Hall–Kier alpha value is -1.54. The summed E-state index contributed by atoms with van der Waals surface area (Å²) in [4.78, 5) is 0. The van der Waals surface area contributed by atoms with Crippen LogP contribution in [0.5, 0.6) is 5.75 Å². The summed E-state index contributed by atoms with van der Waals surface area (Å²) in [7, 11) is 0. The van der Waals surface area contributed by atoms with Crippen molar-refractivity contribution in [1.82, 2.24) is 5.32 Å². The van der Waals surface area contributed by atoms with Gasteiger partial charge in [0.25, 0.3) is 0 Å². The standard InChI is InChI=1S/C15H17NO/c17-15-8-7-12-3-1-2-4-13(12)14(15)10-16-9-11-5-6-11/h1-4,7-8,11,16-17H,5-6,9-10H2. The second-order valence-electron chi connectivity index (χ2n) is 4.86. The van der Waals surface area contributed by atoms with E-state index in [-0.39, 0.29) is 0 Å². The molecule has 0 bridgehead atoms. The van der Waals surface area contributed by atoms with Crippen LogP contribution in [0.3, 0.4) is 0 Å². The average molecular weight is 227 g/mol. The molecule has 0 heterocycles. The van der Waals surface area contributed by atoms with E-state index in [4.69, 9.17) is 0 Å². The Morgan fingerprint density at radius 2 is 1.94 bits per heavy atom. The molecule has 0 aromatic heterocycles. The molecule has 0 aliphatic heterocycles. The number of hydrogen-bond donors (Lipinski definition) is 2. The molecule has 3 rings (SSSR count). The summed E-state index contributed by atoms with van der Waals surface area (Å²) in [5, 5.41) is 15.7. The maximum atomic E-state index is 9.95. The lowest BCUT2D eigenvalue weighted by Gasteiger charge is -2.10. The molecule has 0 unspecified atom stereocenters. The van der Waals surface area contributed by atoms with E-state index in [1.54, 1.807) is 6.07 Å². The van der Waals surface area contributed by atoms with Gasteiger partial charge in [-0.1, -0.05) is 30.3 Å². The van der Waals surface area contributed by atoms with Crippen molar-refractivity contribution in [2.45, 2.75) is 19.4 Å². The van der Waals surface area contributed by atoms with E-state index in [9.17, 15) is 5.11 Å². The summed E-state index contributed by atoms with van der Waals surface area (Å²) >= 11 is 0. The molecule has 0 amide bonds. The number of nitrogens with one attached hydrogen (secondary N) is 1. The van der Waals surface area contributed by atoms with Crippen LogP contribution in [-0.4, -0.2) is 11.7 Å². The predicted octanol–water partition coefficient (Wildman–Crippen LogP) is 3.05. The van der Waals surface area contributed by atoms with Crippen LogP contribution in [0.2, 0.25) is 0 Å². The van der Waals surface area contributed by atoms with Crippen LogP contribution in [0.1, 0.15) is 18.4 Å². The van der Waals surface area contributed by atoms with Gasteiger partial charge in [0, 0.05) is 12.1 Å². The molecule has 2 heteroatoms. The smallest absolute Gasteiger partial charge is 0.120 e. The van der Waals surface area contributed by atoms with E-state index in [0.29, 0.717) is 5.75 Å². The van der Waals surface area contributed by atoms with Crippen LogP contribution in [-0.2, 0) is 6.54 Å². The van der Waals surface area contributed by atoms with E-state index < -0.39 is 0 Å². The first kappa shape index (κ1) is 10.6. The highest BCUT2D eigenvalue weighted by atomic mass is 16.3. The largest absolute Gasteiger partial charge is 0.508 e. The average Bonchev–Trinajstić information content (AvgIpc) is 3.16. The van der Waals surface area contributed by atoms with Crippen molar-refractivity contribution in [2.75, 3.05) is 6.54 Å². The molecule has 2 N–H and O–H groups in total. The zero-order valence-electron chi connectivity index (χ0n) is 9.82. The number of fused-ring (bicyclic) bond motifs is 1. The van der Waals surface area contributed by atoms with E-state index >= 15 is 0 Å². The first-order valence-corrected chi connectivity index (χ1v) is 6.25. The van der Waals surface area contributed by atoms with Gasteiger partial charge in [-0.3, -0.25) is 0 Å². The molecule has 1 fully saturated rings. The molecule has 0 radical (unpaired) electrons. The van der Waals surface area contributed by atoms with Crippen molar-refractivity contribution in [3.05, 3.63) is 42.0 Å². The Morgan fingerprint density at radius 1 is 1.12 bits per heavy atom. The van der Waals surface area contributed by atoms with Gasteiger partial charge in [0.1, 0.15) is 5.75 Å². The fourth-order valence-electron chi connectivity index (χ4n) is 2.23. The van der Waals surface area contributed by atoms with Gasteiger partial charge in [0.2, 0.25) is 0 Å². The van der Waals surface area contributed by atoms with Gasteiger partial charge in [-0.05, 0) is 42.1 Å². The molecule has 0 atom stereocenters. The minimum Gasteiger partial charge on any atom is -0.508 e. The number of phenols is 1. The van der Waals surface area contributed by atoms with Gasteiger partial charge in [-0.2, -0.15) is 0 Å². The Morgan fingerprint density at radius 3 is 2.76 bits per heavy atom. The fourth-order valence-corrected chi connectivity index (χ4v) is 2.23. The normalized spacial score (nSPS) is 15.3. The van der Waals surface area contributed by atoms with Crippen LogP contribution in [0.4, 0.5) is 0 Å². The van der Waals surface area contributed by atoms with E-state index in [2.05, 4.69) is 17.4 Å². The zero-order valence-corrected chi connectivity index (χ0v) is 9.82. The van der Waals surface area contributed by atoms with Crippen LogP contribution in [0.25, 0.3) is 10.8 Å². The molecular weight excluding hydrogens is 210 g/mol. The fraction of sp³-hybridized carbons (Fsp3) is 0.333. The molecule has 2 aromatic rings. The lowest BCUT2D eigenvalue weighted by Crippen LogP contribution is -2.16. The predicted molar refractivity (Wildman–Crippen MR) is 70.0 cm³/mol. The van der Waals surface area contributed by atoms with Gasteiger partial charge in [-0.25, -0.2) is 0 Å². The number of aromatic hydroxyl groups is 1. The van der Waals surface area contributed by atoms with E-state index in [1.165, 1.54) is 18.2 Å². The summed E-state index contributed by atoms with van der Waals surface area (Å²) in [6.07, 6.45) is 2.71. The van der Waals surface area contributed by atoms with Gasteiger partial charge >= 0.3 is 0 Å². The second-order valence-corrected chi connectivity index (χ2v) is 4.86. The molecule has 0 spiro atoms. The Kier molecular flexibility index (Phi) is 2.73. The Bertz CT molecular complexity index is 531. The molecule has 2 aromatic carbocycles. The maximum Gasteiger partial charge on any atom is 0.120 e. The highest BCUT2D eigenvalue weighted by Gasteiger charge is 2.20. The summed E-state index contributed by atoms with van der Waals surface area (Å²) in [6.45, 7) is 1.83. The van der Waals surface area contributed by atoms with Crippen molar-refractivity contribution in [3.8, 4) is 5.75 Å². The molecule has 88 valence electrons. The molecule has 0 saturated heterocycles. The molecule has 1 aliphatic rings. The highest BCUT2D eigenvalue weighted by molar-refractivity contribution is 5.87. The molecule has 1 saturated carbocycles. The van der Waals surface area contributed by atoms with Gasteiger partial charge in [-0.15, -0.1) is 0 Å². The second kappa shape index (κ2) is 4.38. The quantitative estimate of drug-likeness (QED) is 0.841. The summed E-state index contributed by atoms with van der Waals surface area (Å²) in [5.74, 6) is 1.26. The third-order valence-electron chi connectivity index (χ3n) is 3.45. The Labute approximate surface area is 101 Å². The first-order chi connectivity index (χ1) is 8.34. The van der Waals surface area contributed by atoms with Crippen LogP contribution in [0.15, 0.2) is 36.4 Å². The number of benzene rings is 2. The molecular formula is C15H17NO. The van der Waals surface area contributed by atoms with Gasteiger partial charge < -0.3 is 10.4 Å². The van der Waals surface area contributed by atoms with Crippen molar-refractivity contribution in [3.63, 3.8) is 0 Å². The Balaban J connectivity index is 1.86. The lowest BCUT2D eigenvalue weighted by atomic mass is 10.0. The summed E-state index contributed by atoms with van der Waals surface area (Å²) in [5.41, 5.74) is 1.02. The molecule has 1 aliphatic carbocycles. The topological polar surface area (TPSA) is 32.3 Å². The van der Waals surface area contributed by atoms with Crippen LogP contribution in [0, 0.1) is 5.92 Å². The third-order valence-corrected chi connectivity index (χ3v) is 3.45. The molecule has 2 nitrogen and oxygen atoms in total. The van der Waals surface area contributed by atoms with Crippen LogP contribution >= 0.6 is 0 Å². The van der Waals surface area contributed by atoms with Crippen LogP contribution < -0.4 is 5.32 Å². The minimum absolute atomic E-state index is 0.395. The van der Waals surface area contributed by atoms with E-state index in [1.807, 2.05) is 18.2 Å². The third kappa shape index (κ3) is 2.27. The summed E-state index contributed by atoms with van der Waals surface area (Å²) in [6, 6.07) is 12.0.